The summed E-state index contributed by atoms with van der Waals surface area (Å²) in [6, 6.07) is 9.69. The molecule has 9 heteroatoms. The minimum atomic E-state index is -0.143. The topological polar surface area (TPSA) is 96.5 Å². The maximum atomic E-state index is 13.1. The number of aromatic nitrogens is 2. The van der Waals surface area contributed by atoms with E-state index >= 15 is 0 Å². The predicted octanol–water partition coefficient (Wildman–Crippen LogP) is 3.14. The van der Waals surface area contributed by atoms with Gasteiger partial charge in [-0.1, -0.05) is 12.1 Å². The van der Waals surface area contributed by atoms with Gasteiger partial charge in [-0.05, 0) is 37.6 Å². The molecule has 1 aliphatic rings. The number of thiophene rings is 1. The van der Waals surface area contributed by atoms with E-state index in [-0.39, 0.29) is 23.9 Å². The van der Waals surface area contributed by atoms with Crippen LogP contribution in [-0.2, 0) is 4.79 Å². The van der Waals surface area contributed by atoms with Crippen LogP contribution in [-0.4, -0.2) is 52.9 Å². The molecule has 2 N–H and O–H groups in total. The van der Waals surface area contributed by atoms with Crippen molar-refractivity contribution in [2.24, 2.45) is 0 Å². The van der Waals surface area contributed by atoms with Crippen molar-refractivity contribution in [1.82, 2.24) is 20.2 Å². The van der Waals surface area contributed by atoms with Crippen molar-refractivity contribution in [3.8, 4) is 5.75 Å². The second-order valence-corrected chi connectivity index (χ2v) is 8.97. The van der Waals surface area contributed by atoms with Crippen molar-refractivity contribution in [2.45, 2.75) is 32.9 Å². The Bertz CT molecular complexity index is 1120. The van der Waals surface area contributed by atoms with Crippen LogP contribution in [0.25, 0.3) is 10.2 Å². The van der Waals surface area contributed by atoms with Crippen LogP contribution >= 0.6 is 11.3 Å². The number of carbonyl (C=O) groups excluding carboxylic acids is 2. The van der Waals surface area contributed by atoms with Crippen LogP contribution in [0.2, 0.25) is 0 Å². The van der Waals surface area contributed by atoms with Gasteiger partial charge in [0.25, 0.3) is 5.91 Å². The van der Waals surface area contributed by atoms with Crippen molar-refractivity contribution in [3.63, 3.8) is 0 Å². The molecule has 0 aliphatic carbocycles. The van der Waals surface area contributed by atoms with Gasteiger partial charge >= 0.3 is 0 Å². The highest BCUT2D eigenvalue weighted by molar-refractivity contribution is 7.19. The molecule has 162 valence electrons. The van der Waals surface area contributed by atoms with Gasteiger partial charge in [0.2, 0.25) is 11.9 Å². The van der Waals surface area contributed by atoms with Crippen molar-refractivity contribution in [3.05, 3.63) is 46.5 Å². The summed E-state index contributed by atoms with van der Waals surface area (Å²) in [6.45, 7) is 6.46. The highest BCUT2D eigenvalue weighted by Crippen LogP contribution is 2.30. The summed E-state index contributed by atoms with van der Waals surface area (Å²) in [5.74, 6) is 0.976. The first kappa shape index (κ1) is 21.0. The highest BCUT2D eigenvalue weighted by atomic mass is 32.1. The molecular formula is C22H25N5O3S. The lowest BCUT2D eigenvalue weighted by Gasteiger charge is -2.39. The number of rotatable bonds is 6. The van der Waals surface area contributed by atoms with E-state index in [1.807, 2.05) is 44.2 Å². The van der Waals surface area contributed by atoms with Crippen molar-refractivity contribution < 1.29 is 14.3 Å². The van der Waals surface area contributed by atoms with E-state index in [4.69, 9.17) is 4.74 Å². The first-order valence-corrected chi connectivity index (χ1v) is 10.9. The lowest BCUT2D eigenvalue weighted by molar-refractivity contribution is -0.120. The Morgan fingerprint density at radius 3 is 2.58 bits per heavy atom. The maximum Gasteiger partial charge on any atom is 0.274 e. The molecule has 0 spiro atoms. The zero-order valence-corrected chi connectivity index (χ0v) is 18.7. The average Bonchev–Trinajstić information content (AvgIpc) is 3.09. The number of hydrogen-bond donors (Lipinski definition) is 2. The van der Waals surface area contributed by atoms with Gasteiger partial charge in [0.15, 0.2) is 5.69 Å². The zero-order chi connectivity index (χ0) is 22.1. The van der Waals surface area contributed by atoms with Gasteiger partial charge in [-0.2, -0.15) is 0 Å². The standard InChI is InChI=1S/C22H25N5O3S/c1-12-9-18-20(31-12)19(21(29)27-10-16(11-27)24-14(3)28)26-22(25-18)23-13(2)15-5-7-17(30-4)8-6-15/h5-9,13,16H,10-11H2,1-4H3,(H,24,28)(H,23,25,26). The molecule has 2 aromatic heterocycles. The third-order valence-corrected chi connectivity index (χ3v) is 6.28. The second kappa shape index (κ2) is 8.50. The summed E-state index contributed by atoms with van der Waals surface area (Å²) in [7, 11) is 1.64. The van der Waals surface area contributed by atoms with E-state index in [0.29, 0.717) is 24.7 Å². The van der Waals surface area contributed by atoms with Crippen LogP contribution in [0.4, 0.5) is 5.95 Å². The summed E-state index contributed by atoms with van der Waals surface area (Å²) in [6.07, 6.45) is 0. The smallest absolute Gasteiger partial charge is 0.274 e. The fourth-order valence-corrected chi connectivity index (χ4v) is 4.53. The predicted molar refractivity (Wildman–Crippen MR) is 121 cm³/mol. The number of methoxy groups -OCH3 is 1. The van der Waals surface area contributed by atoms with E-state index in [9.17, 15) is 9.59 Å². The molecular weight excluding hydrogens is 414 g/mol. The Morgan fingerprint density at radius 1 is 1.23 bits per heavy atom. The lowest BCUT2D eigenvalue weighted by Crippen LogP contribution is -2.60. The average molecular weight is 440 g/mol. The number of amides is 2. The Morgan fingerprint density at radius 2 is 1.94 bits per heavy atom. The van der Waals surface area contributed by atoms with Crippen molar-refractivity contribution in [2.75, 3.05) is 25.5 Å². The van der Waals surface area contributed by atoms with Gasteiger partial charge in [-0.25, -0.2) is 9.97 Å². The second-order valence-electron chi connectivity index (χ2n) is 7.71. The summed E-state index contributed by atoms with van der Waals surface area (Å²) >= 11 is 1.51. The summed E-state index contributed by atoms with van der Waals surface area (Å²) in [5, 5.41) is 6.15. The fraction of sp³-hybridized carbons (Fsp3) is 0.364. The number of carbonyl (C=O) groups is 2. The van der Waals surface area contributed by atoms with Gasteiger partial charge in [0.1, 0.15) is 5.75 Å². The monoisotopic (exact) mass is 439 g/mol. The third kappa shape index (κ3) is 4.46. The number of benzene rings is 1. The third-order valence-electron chi connectivity index (χ3n) is 5.23. The summed E-state index contributed by atoms with van der Waals surface area (Å²) < 4.78 is 6.00. The Kier molecular flexibility index (Phi) is 5.77. The number of fused-ring (bicyclic) bond motifs is 1. The molecule has 1 aromatic carbocycles. The van der Waals surface area contributed by atoms with E-state index in [1.54, 1.807) is 12.0 Å². The van der Waals surface area contributed by atoms with Crippen LogP contribution in [0.5, 0.6) is 5.75 Å². The maximum absolute atomic E-state index is 13.1. The van der Waals surface area contributed by atoms with Crippen molar-refractivity contribution in [1.29, 1.82) is 0 Å². The number of nitrogens with one attached hydrogen (secondary N) is 2. The largest absolute Gasteiger partial charge is 0.497 e. The molecule has 0 radical (unpaired) electrons. The number of likely N-dealkylation sites (tertiary alicyclic amines) is 1. The molecule has 2 amide bonds. The molecule has 1 aliphatic heterocycles. The van der Waals surface area contributed by atoms with Crippen LogP contribution in [0.3, 0.4) is 0 Å². The molecule has 0 bridgehead atoms. The first-order chi connectivity index (χ1) is 14.8. The van der Waals surface area contributed by atoms with Gasteiger partial charge in [-0.15, -0.1) is 11.3 Å². The van der Waals surface area contributed by atoms with Crippen LogP contribution in [0.1, 0.15) is 40.8 Å². The molecule has 1 saturated heterocycles. The fourth-order valence-electron chi connectivity index (χ4n) is 3.60. The zero-order valence-electron chi connectivity index (χ0n) is 17.9. The van der Waals surface area contributed by atoms with Gasteiger partial charge < -0.3 is 20.3 Å². The molecule has 1 atom stereocenters. The van der Waals surface area contributed by atoms with E-state index in [1.165, 1.54) is 18.3 Å². The Labute approximate surface area is 184 Å². The minimum Gasteiger partial charge on any atom is -0.497 e. The molecule has 1 unspecified atom stereocenters. The number of hydrogen-bond acceptors (Lipinski definition) is 7. The first-order valence-electron chi connectivity index (χ1n) is 10.1. The molecule has 3 heterocycles. The number of nitrogens with zero attached hydrogens (tertiary/aromatic N) is 3. The van der Waals surface area contributed by atoms with E-state index in [0.717, 1.165) is 26.4 Å². The normalized spacial score (nSPS) is 14.8. The van der Waals surface area contributed by atoms with Gasteiger partial charge in [0, 0.05) is 24.9 Å². The van der Waals surface area contributed by atoms with Gasteiger partial charge in [-0.3, -0.25) is 9.59 Å². The van der Waals surface area contributed by atoms with Crippen LogP contribution in [0, 0.1) is 6.92 Å². The quantitative estimate of drug-likeness (QED) is 0.613. The molecule has 31 heavy (non-hydrogen) atoms. The summed E-state index contributed by atoms with van der Waals surface area (Å²) in [4.78, 5) is 36.4. The Hall–Kier alpha value is -3.20. The molecule has 1 fully saturated rings. The molecule has 8 nitrogen and oxygen atoms in total. The summed E-state index contributed by atoms with van der Waals surface area (Å²) in [5.41, 5.74) is 2.21. The molecule has 0 saturated carbocycles. The minimum absolute atomic E-state index is 0.00320. The van der Waals surface area contributed by atoms with E-state index < -0.39 is 0 Å². The number of aryl methyl sites for hydroxylation is 1. The highest BCUT2D eigenvalue weighted by Gasteiger charge is 2.33. The van der Waals surface area contributed by atoms with E-state index in [2.05, 4.69) is 20.6 Å². The molecule has 4 rings (SSSR count). The van der Waals surface area contributed by atoms with Crippen molar-refractivity contribution >= 4 is 39.3 Å². The SMILES string of the molecule is COc1ccc(C(C)Nc2nc(C(=O)N3CC(NC(C)=O)C3)c3sc(C)cc3n2)cc1. The lowest BCUT2D eigenvalue weighted by atomic mass is 10.1. The number of anilines is 1. The van der Waals surface area contributed by atoms with Crippen LogP contribution < -0.4 is 15.4 Å². The number of ether oxygens (including phenoxy) is 1. The Balaban J connectivity index is 1.57. The van der Waals surface area contributed by atoms with Crippen LogP contribution in [0.15, 0.2) is 30.3 Å². The van der Waals surface area contributed by atoms with Gasteiger partial charge in [0.05, 0.1) is 29.4 Å². The molecule has 3 aromatic rings.